The minimum absolute atomic E-state index is 0. The second-order valence-electron chi connectivity index (χ2n) is 5.45. The van der Waals surface area contributed by atoms with Crippen molar-refractivity contribution in [2.24, 2.45) is 5.73 Å². The van der Waals surface area contributed by atoms with Crippen molar-refractivity contribution in [2.75, 3.05) is 33.7 Å². The predicted molar refractivity (Wildman–Crippen MR) is 92.0 cm³/mol. The minimum atomic E-state index is -0.442. The summed E-state index contributed by atoms with van der Waals surface area (Å²) in [6, 6.07) is 5.67. The lowest BCUT2D eigenvalue weighted by Gasteiger charge is -2.36. The van der Waals surface area contributed by atoms with E-state index < -0.39 is 5.91 Å². The molecule has 122 valence electrons. The van der Waals surface area contributed by atoms with Gasteiger partial charge < -0.3 is 15.6 Å². The van der Waals surface area contributed by atoms with Crippen LogP contribution in [0.5, 0.6) is 0 Å². The molecule has 3 N–H and O–H groups in total. The van der Waals surface area contributed by atoms with E-state index in [0.29, 0.717) is 11.1 Å². The molecule has 2 aromatic rings. The van der Waals surface area contributed by atoms with Crippen LogP contribution in [0.15, 0.2) is 18.2 Å². The average Bonchev–Trinajstić information content (AvgIpc) is 2.84. The highest BCUT2D eigenvalue weighted by Crippen LogP contribution is 2.24. The van der Waals surface area contributed by atoms with Crippen LogP contribution in [-0.4, -0.2) is 59.4 Å². The predicted octanol–water partition coefficient (Wildman–Crippen LogP) is 1.42. The number of aromatic amines is 1. The van der Waals surface area contributed by atoms with Gasteiger partial charge in [0, 0.05) is 19.6 Å². The maximum atomic E-state index is 11.5. The fourth-order valence-electron chi connectivity index (χ4n) is 2.71. The third kappa shape index (κ3) is 3.35. The number of rotatable bonds is 2. The molecule has 1 aromatic heterocycles. The van der Waals surface area contributed by atoms with E-state index in [1.165, 1.54) is 0 Å². The molecule has 6 nitrogen and oxygen atoms in total. The third-order valence-corrected chi connectivity index (χ3v) is 3.96. The number of piperazine rings is 1. The maximum Gasteiger partial charge on any atom is 0.250 e. The number of primary amides is 1. The summed E-state index contributed by atoms with van der Waals surface area (Å²) in [5.41, 5.74) is 7.40. The second kappa shape index (κ2) is 7.28. The number of carbonyl (C=O) groups excluding carboxylic acids is 1. The lowest BCUT2D eigenvalue weighted by molar-refractivity contribution is 0.100. The molecule has 0 spiro atoms. The van der Waals surface area contributed by atoms with Crippen LogP contribution < -0.4 is 5.73 Å². The highest BCUT2D eigenvalue weighted by atomic mass is 35.5. The summed E-state index contributed by atoms with van der Waals surface area (Å²) < 4.78 is 0. The molecule has 1 fully saturated rings. The normalized spacial score (nSPS) is 19.5. The monoisotopic (exact) mass is 345 g/mol. The van der Waals surface area contributed by atoms with Gasteiger partial charge in [-0.3, -0.25) is 9.69 Å². The first kappa shape index (κ1) is 18.7. The van der Waals surface area contributed by atoms with Gasteiger partial charge >= 0.3 is 0 Å². The van der Waals surface area contributed by atoms with E-state index in [1.54, 1.807) is 6.07 Å². The Kier molecular flexibility index (Phi) is 6.19. The third-order valence-electron chi connectivity index (χ3n) is 3.96. The number of H-pyrrole nitrogens is 1. The molecule has 1 amide bonds. The molecule has 8 heteroatoms. The summed E-state index contributed by atoms with van der Waals surface area (Å²) in [5.74, 6) is 0.450. The lowest BCUT2D eigenvalue weighted by atomic mass is 10.2. The first-order chi connectivity index (χ1) is 9.56. The molecule has 0 bridgehead atoms. The maximum absolute atomic E-state index is 11.5. The number of amides is 1. The lowest BCUT2D eigenvalue weighted by Crippen LogP contribution is -2.45. The van der Waals surface area contributed by atoms with Crippen molar-refractivity contribution in [2.45, 2.75) is 6.04 Å². The van der Waals surface area contributed by atoms with Crippen LogP contribution in [0.1, 0.15) is 22.2 Å². The van der Waals surface area contributed by atoms with E-state index in [9.17, 15) is 4.79 Å². The largest absolute Gasteiger partial charge is 0.366 e. The van der Waals surface area contributed by atoms with Crippen molar-refractivity contribution in [3.8, 4) is 0 Å². The van der Waals surface area contributed by atoms with Gasteiger partial charge in [0.1, 0.15) is 11.3 Å². The molecule has 3 rings (SSSR count). The summed E-state index contributed by atoms with van der Waals surface area (Å²) in [4.78, 5) is 24.0. The number of nitrogens with zero attached hydrogens (tertiary/aromatic N) is 3. The van der Waals surface area contributed by atoms with Gasteiger partial charge in [-0.25, -0.2) is 4.98 Å². The van der Waals surface area contributed by atoms with Crippen LogP contribution in [-0.2, 0) is 0 Å². The Hall–Kier alpha value is -1.34. The van der Waals surface area contributed by atoms with E-state index in [1.807, 2.05) is 12.1 Å². The summed E-state index contributed by atoms with van der Waals surface area (Å²) >= 11 is 0. The minimum Gasteiger partial charge on any atom is -0.366 e. The molecule has 1 saturated heterocycles. The van der Waals surface area contributed by atoms with Gasteiger partial charge in [0.15, 0.2) is 0 Å². The number of carbonyl (C=O) groups is 1. The van der Waals surface area contributed by atoms with E-state index >= 15 is 0 Å². The molecule has 1 aliphatic rings. The molecule has 0 aliphatic carbocycles. The zero-order valence-electron chi connectivity index (χ0n) is 12.6. The number of aromatic nitrogens is 2. The van der Waals surface area contributed by atoms with E-state index in [2.05, 4.69) is 33.9 Å². The second-order valence-corrected chi connectivity index (χ2v) is 5.45. The Bertz CT molecular complexity index is 660. The molecule has 2 heterocycles. The fraction of sp³-hybridized carbons (Fsp3) is 0.429. The van der Waals surface area contributed by atoms with Crippen molar-refractivity contribution < 1.29 is 4.79 Å². The van der Waals surface area contributed by atoms with Gasteiger partial charge in [-0.05, 0) is 26.2 Å². The van der Waals surface area contributed by atoms with Gasteiger partial charge in [0.2, 0.25) is 0 Å². The van der Waals surface area contributed by atoms with Gasteiger partial charge in [-0.2, -0.15) is 0 Å². The Morgan fingerprint density at radius 2 is 2.05 bits per heavy atom. The standard InChI is InChI=1S/C14H19N5O.2ClH/c1-18-6-7-19(2)11(8-18)14-16-10-5-3-4-9(13(15)20)12(10)17-14;;/h3-5,11H,6-8H2,1-2H3,(H2,15,20)(H,16,17);2*1H. The molecular weight excluding hydrogens is 325 g/mol. The van der Waals surface area contributed by atoms with Crippen molar-refractivity contribution in [3.63, 3.8) is 0 Å². The van der Waals surface area contributed by atoms with Crippen LogP contribution in [0.4, 0.5) is 0 Å². The summed E-state index contributed by atoms with van der Waals surface area (Å²) in [5, 5.41) is 0. The van der Waals surface area contributed by atoms with Crippen LogP contribution >= 0.6 is 24.8 Å². The Morgan fingerprint density at radius 3 is 2.73 bits per heavy atom. The average molecular weight is 346 g/mol. The van der Waals surface area contributed by atoms with E-state index in [0.717, 1.165) is 31.0 Å². The SMILES string of the molecule is CN1CCN(C)C(c2nc3c(C(N)=O)cccc3[nH]2)C1.Cl.Cl. The fourth-order valence-corrected chi connectivity index (χ4v) is 2.71. The summed E-state index contributed by atoms with van der Waals surface area (Å²) in [7, 11) is 4.21. The number of nitrogens with one attached hydrogen (secondary N) is 1. The number of para-hydroxylation sites is 1. The summed E-state index contributed by atoms with van der Waals surface area (Å²) in [6.07, 6.45) is 0. The molecular formula is C14H21Cl2N5O. The zero-order valence-corrected chi connectivity index (χ0v) is 14.2. The number of benzene rings is 1. The number of fused-ring (bicyclic) bond motifs is 1. The van der Waals surface area contributed by atoms with Crippen molar-refractivity contribution in [1.29, 1.82) is 0 Å². The molecule has 1 atom stereocenters. The molecule has 0 radical (unpaired) electrons. The number of halogens is 2. The zero-order chi connectivity index (χ0) is 14.3. The van der Waals surface area contributed by atoms with E-state index in [-0.39, 0.29) is 30.9 Å². The Morgan fingerprint density at radius 1 is 1.32 bits per heavy atom. The highest BCUT2D eigenvalue weighted by Gasteiger charge is 2.26. The molecule has 0 saturated carbocycles. The summed E-state index contributed by atoms with van der Waals surface area (Å²) in [6.45, 7) is 2.98. The van der Waals surface area contributed by atoms with Crippen molar-refractivity contribution in [3.05, 3.63) is 29.6 Å². The first-order valence-electron chi connectivity index (χ1n) is 6.73. The Labute approximate surface area is 141 Å². The van der Waals surface area contributed by atoms with Gasteiger partial charge in [0.05, 0.1) is 17.1 Å². The van der Waals surface area contributed by atoms with Gasteiger partial charge in [0.25, 0.3) is 5.91 Å². The van der Waals surface area contributed by atoms with Crippen molar-refractivity contribution in [1.82, 2.24) is 19.8 Å². The molecule has 1 aliphatic heterocycles. The van der Waals surface area contributed by atoms with Gasteiger partial charge in [-0.15, -0.1) is 24.8 Å². The van der Waals surface area contributed by atoms with Crippen LogP contribution in [0.25, 0.3) is 11.0 Å². The van der Waals surface area contributed by atoms with Crippen LogP contribution in [0, 0.1) is 0 Å². The first-order valence-corrected chi connectivity index (χ1v) is 6.73. The smallest absolute Gasteiger partial charge is 0.250 e. The number of hydrogen-bond acceptors (Lipinski definition) is 4. The topological polar surface area (TPSA) is 78.2 Å². The number of imidazole rings is 1. The van der Waals surface area contributed by atoms with Crippen LogP contribution in [0.3, 0.4) is 0 Å². The molecule has 22 heavy (non-hydrogen) atoms. The van der Waals surface area contributed by atoms with Crippen LogP contribution in [0.2, 0.25) is 0 Å². The molecule has 1 aromatic carbocycles. The number of likely N-dealkylation sites (N-methyl/N-ethyl adjacent to an activating group) is 2. The highest BCUT2D eigenvalue weighted by molar-refractivity contribution is 6.04. The Balaban J connectivity index is 0.00000121. The number of nitrogens with two attached hydrogens (primary N) is 1. The molecule has 1 unspecified atom stereocenters. The number of hydrogen-bond donors (Lipinski definition) is 2. The van der Waals surface area contributed by atoms with Gasteiger partial charge in [-0.1, -0.05) is 6.07 Å². The van der Waals surface area contributed by atoms with E-state index in [4.69, 9.17) is 5.73 Å². The van der Waals surface area contributed by atoms with Crippen molar-refractivity contribution >= 4 is 41.8 Å². The quantitative estimate of drug-likeness (QED) is 0.862.